The van der Waals surface area contributed by atoms with Gasteiger partial charge in [-0.15, -0.1) is 0 Å². The van der Waals surface area contributed by atoms with Gasteiger partial charge in [0, 0.05) is 25.2 Å². The maximum Gasteiger partial charge on any atom is 0.317 e. The number of piperazine rings is 1. The van der Waals surface area contributed by atoms with Crippen LogP contribution in [0.2, 0.25) is 0 Å². The highest BCUT2D eigenvalue weighted by atomic mass is 19.1. The molecule has 1 unspecified atom stereocenters. The molecule has 5 heteroatoms. The lowest BCUT2D eigenvalue weighted by atomic mass is 10.0. The third kappa shape index (κ3) is 4.17. The summed E-state index contributed by atoms with van der Waals surface area (Å²) < 4.78 is 13.1. The highest BCUT2D eigenvalue weighted by Gasteiger charge is 2.29. The van der Waals surface area contributed by atoms with E-state index in [9.17, 15) is 9.18 Å². The number of carbonyl (C=O) groups excluding carboxylic acids is 1. The third-order valence-electron chi connectivity index (χ3n) is 3.67. The first-order chi connectivity index (χ1) is 9.76. The van der Waals surface area contributed by atoms with Crippen molar-refractivity contribution in [2.45, 2.75) is 32.4 Å². The summed E-state index contributed by atoms with van der Waals surface area (Å²) in [5, 5.41) is 2.99. The number of hydrogen-bond acceptors (Lipinski definition) is 2. The van der Waals surface area contributed by atoms with Crippen LogP contribution in [0.3, 0.4) is 0 Å². The van der Waals surface area contributed by atoms with Crippen molar-refractivity contribution in [3.63, 3.8) is 0 Å². The van der Waals surface area contributed by atoms with Gasteiger partial charge in [0.2, 0.25) is 0 Å². The van der Waals surface area contributed by atoms with Gasteiger partial charge in [0.05, 0.1) is 6.04 Å². The molecule has 4 nitrogen and oxygen atoms in total. The molecular weight excluding hydrogens is 269 g/mol. The molecule has 116 valence electrons. The number of halogens is 1. The van der Waals surface area contributed by atoms with Gasteiger partial charge in [0.1, 0.15) is 5.82 Å². The second kappa shape index (κ2) is 6.02. The van der Waals surface area contributed by atoms with Crippen LogP contribution >= 0.6 is 0 Å². The molecule has 21 heavy (non-hydrogen) atoms. The van der Waals surface area contributed by atoms with Gasteiger partial charge in [0.15, 0.2) is 0 Å². The van der Waals surface area contributed by atoms with Crippen molar-refractivity contribution in [2.75, 3.05) is 26.7 Å². The fourth-order valence-corrected chi connectivity index (χ4v) is 2.50. The lowest BCUT2D eigenvalue weighted by Crippen LogP contribution is -2.55. The van der Waals surface area contributed by atoms with Crippen molar-refractivity contribution in [3.05, 3.63) is 35.6 Å². The molecule has 1 heterocycles. The van der Waals surface area contributed by atoms with Crippen molar-refractivity contribution < 1.29 is 9.18 Å². The first-order valence-electron chi connectivity index (χ1n) is 7.29. The van der Waals surface area contributed by atoms with Crippen LogP contribution in [0, 0.1) is 5.82 Å². The van der Waals surface area contributed by atoms with Crippen molar-refractivity contribution >= 4 is 6.03 Å². The SMILES string of the molecule is CN1CCN(C(=O)NC(C)(C)C)CC1c1ccc(F)cc1. The minimum Gasteiger partial charge on any atom is -0.333 e. The van der Waals surface area contributed by atoms with Crippen LogP contribution in [-0.2, 0) is 0 Å². The average molecular weight is 293 g/mol. The van der Waals surface area contributed by atoms with Crippen LogP contribution in [0.4, 0.5) is 9.18 Å². The van der Waals surface area contributed by atoms with Gasteiger partial charge in [-0.1, -0.05) is 12.1 Å². The highest BCUT2D eigenvalue weighted by Crippen LogP contribution is 2.24. The maximum atomic E-state index is 13.1. The summed E-state index contributed by atoms with van der Waals surface area (Å²) in [7, 11) is 2.03. The van der Waals surface area contributed by atoms with Gasteiger partial charge >= 0.3 is 6.03 Å². The largest absolute Gasteiger partial charge is 0.333 e. The van der Waals surface area contributed by atoms with E-state index in [1.807, 2.05) is 32.7 Å². The van der Waals surface area contributed by atoms with Gasteiger partial charge in [-0.25, -0.2) is 9.18 Å². The molecule has 2 amide bonds. The molecule has 1 atom stereocenters. The van der Waals surface area contributed by atoms with E-state index in [1.165, 1.54) is 12.1 Å². The summed E-state index contributed by atoms with van der Waals surface area (Å²) in [6.45, 7) is 8.04. The van der Waals surface area contributed by atoms with Crippen molar-refractivity contribution in [1.29, 1.82) is 0 Å². The Bertz CT molecular complexity index is 495. The average Bonchev–Trinajstić information content (AvgIpc) is 2.38. The van der Waals surface area contributed by atoms with Crippen LogP contribution in [0.25, 0.3) is 0 Å². The number of rotatable bonds is 1. The fourth-order valence-electron chi connectivity index (χ4n) is 2.50. The van der Waals surface area contributed by atoms with Crippen LogP contribution < -0.4 is 5.32 Å². The second-order valence-corrected chi connectivity index (χ2v) is 6.67. The lowest BCUT2D eigenvalue weighted by molar-refractivity contribution is 0.106. The number of urea groups is 1. The quantitative estimate of drug-likeness (QED) is 0.864. The monoisotopic (exact) mass is 293 g/mol. The zero-order chi connectivity index (χ0) is 15.6. The molecule has 0 aliphatic carbocycles. The molecule has 0 saturated carbocycles. The summed E-state index contributed by atoms with van der Waals surface area (Å²) in [5.74, 6) is -0.237. The van der Waals surface area contributed by atoms with Gasteiger partial charge in [-0.05, 0) is 45.5 Å². The summed E-state index contributed by atoms with van der Waals surface area (Å²) in [6, 6.07) is 6.59. The Hall–Kier alpha value is -1.62. The molecule has 2 rings (SSSR count). The van der Waals surface area contributed by atoms with Crippen LogP contribution in [0.5, 0.6) is 0 Å². The normalized spacial score (nSPS) is 20.4. The molecule has 0 spiro atoms. The number of hydrogen-bond donors (Lipinski definition) is 1. The van der Waals surface area contributed by atoms with Gasteiger partial charge < -0.3 is 10.2 Å². The van der Waals surface area contributed by atoms with E-state index in [-0.39, 0.29) is 23.4 Å². The van der Waals surface area contributed by atoms with Crippen molar-refractivity contribution in [2.24, 2.45) is 0 Å². The maximum absolute atomic E-state index is 13.1. The summed E-state index contributed by atoms with van der Waals surface area (Å²) in [4.78, 5) is 16.3. The van der Waals surface area contributed by atoms with Crippen molar-refractivity contribution in [3.8, 4) is 0 Å². The molecule has 0 bridgehead atoms. The molecule has 1 aliphatic rings. The van der Waals surface area contributed by atoms with Crippen LogP contribution in [-0.4, -0.2) is 48.1 Å². The number of amides is 2. The van der Waals surface area contributed by atoms with Gasteiger partial charge in [-0.3, -0.25) is 4.90 Å². The number of carbonyl (C=O) groups is 1. The highest BCUT2D eigenvalue weighted by molar-refractivity contribution is 5.75. The molecule has 0 aromatic heterocycles. The lowest BCUT2D eigenvalue weighted by Gasteiger charge is -2.40. The Morgan fingerprint density at radius 2 is 1.86 bits per heavy atom. The second-order valence-electron chi connectivity index (χ2n) is 6.67. The first kappa shape index (κ1) is 15.8. The molecule has 1 aliphatic heterocycles. The summed E-state index contributed by atoms with van der Waals surface area (Å²) in [6.07, 6.45) is 0. The zero-order valence-corrected chi connectivity index (χ0v) is 13.2. The van der Waals surface area contributed by atoms with E-state index in [1.54, 1.807) is 12.1 Å². The fraction of sp³-hybridized carbons (Fsp3) is 0.562. The van der Waals surface area contributed by atoms with E-state index < -0.39 is 0 Å². The topological polar surface area (TPSA) is 35.6 Å². The Kier molecular flexibility index (Phi) is 4.52. The van der Waals surface area contributed by atoms with Gasteiger partial charge in [-0.2, -0.15) is 0 Å². The van der Waals surface area contributed by atoms with Crippen LogP contribution in [0.15, 0.2) is 24.3 Å². The number of nitrogens with zero attached hydrogens (tertiary/aromatic N) is 2. The smallest absolute Gasteiger partial charge is 0.317 e. The van der Waals surface area contributed by atoms with E-state index >= 15 is 0 Å². The summed E-state index contributed by atoms with van der Waals surface area (Å²) in [5.41, 5.74) is 0.790. The molecule has 1 N–H and O–H groups in total. The van der Waals surface area contributed by atoms with E-state index in [0.717, 1.165) is 12.1 Å². The predicted molar refractivity (Wildman–Crippen MR) is 81.6 cm³/mol. The molecule has 0 radical (unpaired) electrons. The first-order valence-corrected chi connectivity index (χ1v) is 7.29. The zero-order valence-electron chi connectivity index (χ0n) is 13.2. The number of benzene rings is 1. The van der Waals surface area contributed by atoms with E-state index in [0.29, 0.717) is 13.1 Å². The molecule has 1 aromatic rings. The molecule has 1 fully saturated rings. The minimum atomic E-state index is -0.244. The van der Waals surface area contributed by atoms with E-state index in [2.05, 4.69) is 10.2 Å². The Morgan fingerprint density at radius 3 is 2.43 bits per heavy atom. The van der Waals surface area contributed by atoms with Crippen LogP contribution in [0.1, 0.15) is 32.4 Å². The number of likely N-dealkylation sites (N-methyl/N-ethyl adjacent to an activating group) is 1. The Labute approximate surface area is 125 Å². The Morgan fingerprint density at radius 1 is 1.24 bits per heavy atom. The number of nitrogens with one attached hydrogen (secondary N) is 1. The molecule has 1 saturated heterocycles. The molecule has 1 aromatic carbocycles. The standard InChI is InChI=1S/C16H24FN3O/c1-16(2,3)18-15(21)20-10-9-19(4)14(11-20)12-5-7-13(17)8-6-12/h5-8,14H,9-11H2,1-4H3,(H,18,21). The van der Waals surface area contributed by atoms with Gasteiger partial charge in [0.25, 0.3) is 0 Å². The predicted octanol–water partition coefficient (Wildman–Crippen LogP) is 2.62. The third-order valence-corrected chi connectivity index (χ3v) is 3.67. The summed E-state index contributed by atoms with van der Waals surface area (Å²) >= 11 is 0. The van der Waals surface area contributed by atoms with E-state index in [4.69, 9.17) is 0 Å². The van der Waals surface area contributed by atoms with Crippen molar-refractivity contribution in [1.82, 2.24) is 15.1 Å². The minimum absolute atomic E-state index is 0.0392. The Balaban J connectivity index is 2.09. The molecular formula is C16H24FN3O.